The molecular weight excluding hydrogens is 260 g/mol. The van der Waals surface area contributed by atoms with E-state index in [2.05, 4.69) is 18.9 Å². The third kappa shape index (κ3) is 3.14. The molecule has 0 aromatic carbocycles. The Morgan fingerprint density at radius 2 is 2.11 bits per heavy atom. The van der Waals surface area contributed by atoms with E-state index in [1.54, 1.807) is 0 Å². The van der Waals surface area contributed by atoms with Crippen molar-refractivity contribution in [2.45, 2.75) is 58.5 Å². The fourth-order valence-electron chi connectivity index (χ4n) is 3.23. The number of aryl methyl sites for hydroxylation is 2. The second-order valence-electron chi connectivity index (χ2n) is 5.80. The lowest BCUT2D eigenvalue weighted by Gasteiger charge is -2.33. The number of hydrogen-bond acceptors (Lipinski definition) is 2. The number of aliphatic hydroxyl groups excluding tert-OH is 1. The van der Waals surface area contributed by atoms with E-state index < -0.39 is 0 Å². The van der Waals surface area contributed by atoms with Crippen LogP contribution in [0.15, 0.2) is 0 Å². The van der Waals surface area contributed by atoms with Crippen LogP contribution in [0.3, 0.4) is 0 Å². The number of rotatable bonds is 4. The zero-order chi connectivity index (χ0) is 14.0. The summed E-state index contributed by atoms with van der Waals surface area (Å²) in [5.74, 6) is 1.09. The molecule has 4 heteroatoms. The van der Waals surface area contributed by atoms with Crippen LogP contribution in [0, 0.1) is 11.8 Å². The number of hydrogen-bond donors (Lipinski definition) is 1. The maximum Gasteiger partial charge on any atom is 0.0849 e. The maximum atomic E-state index is 10.2. The second kappa shape index (κ2) is 6.27. The van der Waals surface area contributed by atoms with Crippen molar-refractivity contribution in [1.29, 1.82) is 0 Å². The Bertz CT molecular complexity index is 430. The van der Waals surface area contributed by atoms with E-state index in [0.29, 0.717) is 5.92 Å². The van der Waals surface area contributed by atoms with E-state index in [0.717, 1.165) is 54.4 Å². The maximum absolute atomic E-state index is 10.2. The minimum absolute atomic E-state index is 0.182. The van der Waals surface area contributed by atoms with E-state index in [1.165, 1.54) is 6.42 Å². The van der Waals surface area contributed by atoms with Crippen molar-refractivity contribution in [2.24, 2.45) is 18.9 Å². The topological polar surface area (TPSA) is 38.0 Å². The Kier molecular flexibility index (Phi) is 4.91. The van der Waals surface area contributed by atoms with Gasteiger partial charge in [0.2, 0.25) is 0 Å². The SMILES string of the molecule is CCc1nn(C)c(CC2CC(CC)CCC2O)c1Cl. The summed E-state index contributed by atoms with van der Waals surface area (Å²) in [7, 11) is 1.95. The number of aromatic nitrogens is 2. The van der Waals surface area contributed by atoms with Gasteiger partial charge in [0.25, 0.3) is 0 Å². The number of nitrogens with zero attached hydrogens (tertiary/aromatic N) is 2. The number of aliphatic hydroxyl groups is 1. The van der Waals surface area contributed by atoms with E-state index >= 15 is 0 Å². The van der Waals surface area contributed by atoms with Crippen molar-refractivity contribution >= 4 is 11.6 Å². The molecular formula is C15H25ClN2O. The van der Waals surface area contributed by atoms with Gasteiger partial charge in [-0.1, -0.05) is 31.9 Å². The van der Waals surface area contributed by atoms with Crippen molar-refractivity contribution in [2.75, 3.05) is 0 Å². The van der Waals surface area contributed by atoms with Crippen LogP contribution in [0.2, 0.25) is 5.02 Å². The predicted octanol–water partition coefficient (Wildman–Crippen LogP) is 3.37. The van der Waals surface area contributed by atoms with Crippen LogP contribution in [0.4, 0.5) is 0 Å². The zero-order valence-electron chi connectivity index (χ0n) is 12.2. The van der Waals surface area contributed by atoms with Crippen molar-refractivity contribution in [3.8, 4) is 0 Å². The average Bonchev–Trinajstić information content (AvgIpc) is 2.68. The highest BCUT2D eigenvalue weighted by molar-refractivity contribution is 6.31. The van der Waals surface area contributed by atoms with Gasteiger partial charge in [-0.25, -0.2) is 0 Å². The van der Waals surface area contributed by atoms with Crippen molar-refractivity contribution < 1.29 is 5.11 Å². The van der Waals surface area contributed by atoms with Crippen LogP contribution in [0.5, 0.6) is 0 Å². The Hall–Kier alpha value is -0.540. The molecule has 0 saturated heterocycles. The van der Waals surface area contributed by atoms with Gasteiger partial charge in [0.15, 0.2) is 0 Å². The predicted molar refractivity (Wildman–Crippen MR) is 78.4 cm³/mol. The van der Waals surface area contributed by atoms with Crippen LogP contribution in [-0.4, -0.2) is 21.0 Å². The summed E-state index contributed by atoms with van der Waals surface area (Å²) in [5, 5.41) is 15.5. The molecule has 19 heavy (non-hydrogen) atoms. The highest BCUT2D eigenvalue weighted by Gasteiger charge is 2.30. The molecule has 1 aromatic heterocycles. The molecule has 108 valence electrons. The van der Waals surface area contributed by atoms with Gasteiger partial charge >= 0.3 is 0 Å². The van der Waals surface area contributed by atoms with Crippen LogP contribution in [-0.2, 0) is 19.9 Å². The molecule has 1 aromatic rings. The lowest BCUT2D eigenvalue weighted by atomic mass is 9.76. The fourth-order valence-corrected chi connectivity index (χ4v) is 3.60. The molecule has 0 bridgehead atoms. The van der Waals surface area contributed by atoms with Gasteiger partial charge in [0.1, 0.15) is 0 Å². The van der Waals surface area contributed by atoms with Gasteiger partial charge in [-0.2, -0.15) is 5.10 Å². The second-order valence-corrected chi connectivity index (χ2v) is 6.18. The molecule has 0 aliphatic heterocycles. The molecule has 3 atom stereocenters. The first-order valence-electron chi connectivity index (χ1n) is 7.45. The lowest BCUT2D eigenvalue weighted by molar-refractivity contribution is 0.0466. The van der Waals surface area contributed by atoms with E-state index in [-0.39, 0.29) is 6.10 Å². The van der Waals surface area contributed by atoms with Crippen LogP contribution < -0.4 is 0 Å². The Balaban J connectivity index is 2.13. The third-order valence-electron chi connectivity index (χ3n) is 4.59. The summed E-state index contributed by atoms with van der Waals surface area (Å²) in [6, 6.07) is 0. The average molecular weight is 285 g/mol. The Labute approximate surface area is 121 Å². The fraction of sp³-hybridized carbons (Fsp3) is 0.800. The third-order valence-corrected chi connectivity index (χ3v) is 5.02. The molecule has 1 heterocycles. The standard InChI is InChI=1S/C15H25ClN2O/c1-4-10-6-7-14(19)11(8-10)9-13-15(16)12(5-2)17-18(13)3/h10-11,14,19H,4-9H2,1-3H3. The molecule has 3 unspecified atom stereocenters. The molecule has 3 nitrogen and oxygen atoms in total. The Morgan fingerprint density at radius 3 is 2.68 bits per heavy atom. The first kappa shape index (κ1) is 14.9. The summed E-state index contributed by atoms with van der Waals surface area (Å²) < 4.78 is 1.89. The summed E-state index contributed by atoms with van der Waals surface area (Å²) in [4.78, 5) is 0. The first-order chi connectivity index (χ1) is 9.06. The van der Waals surface area contributed by atoms with Crippen molar-refractivity contribution in [3.63, 3.8) is 0 Å². The van der Waals surface area contributed by atoms with Crippen molar-refractivity contribution in [1.82, 2.24) is 9.78 Å². The molecule has 0 amide bonds. The molecule has 0 spiro atoms. The smallest absolute Gasteiger partial charge is 0.0849 e. The molecule has 1 saturated carbocycles. The van der Waals surface area contributed by atoms with Crippen LogP contribution >= 0.6 is 11.6 Å². The van der Waals surface area contributed by atoms with Crippen molar-refractivity contribution in [3.05, 3.63) is 16.4 Å². The van der Waals surface area contributed by atoms with E-state index in [1.807, 2.05) is 11.7 Å². The largest absolute Gasteiger partial charge is 0.393 e. The van der Waals surface area contributed by atoms with E-state index in [9.17, 15) is 5.11 Å². The molecule has 1 aliphatic carbocycles. The summed E-state index contributed by atoms with van der Waals surface area (Å²) in [5.41, 5.74) is 2.05. The molecule has 1 aliphatic rings. The van der Waals surface area contributed by atoms with Gasteiger partial charge in [-0.3, -0.25) is 4.68 Å². The van der Waals surface area contributed by atoms with Crippen LogP contribution in [0.25, 0.3) is 0 Å². The highest BCUT2D eigenvalue weighted by Crippen LogP contribution is 2.35. The van der Waals surface area contributed by atoms with Gasteiger partial charge < -0.3 is 5.11 Å². The monoisotopic (exact) mass is 284 g/mol. The van der Waals surface area contributed by atoms with Gasteiger partial charge in [-0.05, 0) is 43.9 Å². The summed E-state index contributed by atoms with van der Waals surface area (Å²) >= 11 is 6.40. The van der Waals surface area contributed by atoms with Gasteiger partial charge in [-0.15, -0.1) is 0 Å². The van der Waals surface area contributed by atoms with Crippen LogP contribution in [0.1, 0.15) is 50.9 Å². The number of halogens is 1. The first-order valence-corrected chi connectivity index (χ1v) is 7.82. The van der Waals surface area contributed by atoms with Gasteiger partial charge in [0, 0.05) is 7.05 Å². The summed E-state index contributed by atoms with van der Waals surface area (Å²) in [6.07, 6.45) is 5.94. The minimum atomic E-state index is -0.182. The molecule has 1 N–H and O–H groups in total. The molecule has 2 rings (SSSR count). The van der Waals surface area contributed by atoms with E-state index in [4.69, 9.17) is 11.6 Å². The molecule has 0 radical (unpaired) electrons. The minimum Gasteiger partial charge on any atom is -0.393 e. The van der Waals surface area contributed by atoms with Gasteiger partial charge in [0.05, 0.1) is 22.5 Å². The Morgan fingerprint density at radius 1 is 1.37 bits per heavy atom. The zero-order valence-corrected chi connectivity index (χ0v) is 13.0. The lowest BCUT2D eigenvalue weighted by Crippen LogP contribution is -2.31. The normalized spacial score (nSPS) is 27.7. The molecule has 1 fully saturated rings. The summed E-state index contributed by atoms with van der Waals surface area (Å²) in [6.45, 7) is 4.31. The quantitative estimate of drug-likeness (QED) is 0.921. The highest BCUT2D eigenvalue weighted by atomic mass is 35.5.